The highest BCUT2D eigenvalue weighted by Crippen LogP contribution is 2.52. The first-order chi connectivity index (χ1) is 11.4. The normalized spacial score (nSPS) is 20.8. The molecule has 1 aliphatic heterocycles. The van der Waals surface area contributed by atoms with E-state index in [0.717, 1.165) is 25.0 Å². The first kappa shape index (κ1) is 15.4. The van der Waals surface area contributed by atoms with Gasteiger partial charge >= 0.3 is 0 Å². The highest BCUT2D eigenvalue weighted by atomic mass is 32.2. The number of phenolic OH excluding ortho intramolecular Hbond substituents is 1. The number of fused-ring (bicyclic) bond motifs is 1. The number of carbonyl (C=O) groups excluding carboxylic acids is 1. The van der Waals surface area contributed by atoms with Gasteiger partial charge in [-0.15, -0.1) is 0 Å². The summed E-state index contributed by atoms with van der Waals surface area (Å²) in [5, 5.41) is 9.19. The Hall–Kier alpha value is -2.12. The summed E-state index contributed by atoms with van der Waals surface area (Å²) in [6.07, 6.45) is 1.49. The van der Waals surface area contributed by atoms with E-state index in [1.165, 1.54) is 4.90 Å². The maximum absolute atomic E-state index is 13.6. The van der Waals surface area contributed by atoms with Crippen molar-refractivity contribution in [1.29, 1.82) is 0 Å². The number of amides is 1. The van der Waals surface area contributed by atoms with Crippen LogP contribution in [-0.2, 0) is 11.2 Å². The molecule has 0 radical (unpaired) electrons. The predicted molar refractivity (Wildman–Crippen MR) is 84.5 cm³/mol. The lowest BCUT2D eigenvalue weighted by atomic mass is 10.1. The fraction of sp³-hybridized carbons (Fsp3) is 0.235. The van der Waals surface area contributed by atoms with Crippen LogP contribution < -0.4 is 4.90 Å². The Bertz CT molecular complexity index is 830. The van der Waals surface area contributed by atoms with Crippen LogP contribution in [0.5, 0.6) is 5.75 Å². The fourth-order valence-electron chi connectivity index (χ4n) is 3.01. The summed E-state index contributed by atoms with van der Waals surface area (Å²) in [7, 11) is 0. The van der Waals surface area contributed by atoms with Crippen molar-refractivity contribution in [2.45, 2.75) is 22.5 Å². The Balaban J connectivity index is 1.79. The standard InChI is InChI=1S/C17H13F2NO3S/c18-11-7-10(8-12(19)15(11)21)16(22)20-9-17(5-6-17)24(23)14-4-2-1-3-13(14)20/h1-4,7-8,21H,5-6,9H2. The van der Waals surface area contributed by atoms with Gasteiger partial charge in [0.05, 0.1) is 12.2 Å². The van der Waals surface area contributed by atoms with Gasteiger partial charge < -0.3 is 9.66 Å². The van der Waals surface area contributed by atoms with Crippen molar-refractivity contribution in [3.8, 4) is 5.75 Å². The summed E-state index contributed by atoms with van der Waals surface area (Å²) in [5.41, 5.74) is 0.299. The highest BCUT2D eigenvalue weighted by Gasteiger charge is 2.60. The number of aromatic hydroxyl groups is 1. The maximum atomic E-state index is 13.6. The van der Waals surface area contributed by atoms with E-state index in [9.17, 15) is 23.2 Å². The third kappa shape index (κ3) is 2.19. The highest BCUT2D eigenvalue weighted by molar-refractivity contribution is 7.93. The lowest BCUT2D eigenvalue weighted by Gasteiger charge is -2.35. The molecule has 1 amide bonds. The molecule has 1 aliphatic carbocycles. The lowest BCUT2D eigenvalue weighted by molar-refractivity contribution is 0.0984. The molecule has 2 aliphatic rings. The monoisotopic (exact) mass is 349 g/mol. The van der Waals surface area contributed by atoms with Crippen LogP contribution >= 0.6 is 0 Å². The van der Waals surface area contributed by atoms with Crippen LogP contribution in [-0.4, -0.2) is 26.9 Å². The SMILES string of the molecule is O=C(c1cc(F)c(O)c(F)c1)N1CC2(CC2)[S+]([O-])c2ccccc21. The number of phenols is 1. The van der Waals surface area contributed by atoms with Gasteiger partial charge in [-0.3, -0.25) is 9.69 Å². The molecule has 1 saturated carbocycles. The molecular weight excluding hydrogens is 336 g/mol. The van der Waals surface area contributed by atoms with Crippen LogP contribution in [0.15, 0.2) is 41.3 Å². The van der Waals surface area contributed by atoms with E-state index in [0.29, 0.717) is 10.6 Å². The third-order valence-corrected chi connectivity index (χ3v) is 6.58. The first-order valence-corrected chi connectivity index (χ1v) is 8.59. The molecule has 1 spiro atoms. The number of hydrogen-bond donors (Lipinski definition) is 1. The summed E-state index contributed by atoms with van der Waals surface area (Å²) in [4.78, 5) is 14.8. The maximum Gasteiger partial charge on any atom is 0.258 e. The second-order valence-corrected chi connectivity index (χ2v) is 7.94. The molecule has 0 bridgehead atoms. The van der Waals surface area contributed by atoms with Gasteiger partial charge in [-0.25, -0.2) is 8.78 Å². The molecule has 124 valence electrons. The topological polar surface area (TPSA) is 63.6 Å². The van der Waals surface area contributed by atoms with Gasteiger partial charge in [0.25, 0.3) is 5.91 Å². The van der Waals surface area contributed by atoms with E-state index in [1.807, 2.05) is 0 Å². The van der Waals surface area contributed by atoms with Gasteiger partial charge in [0, 0.05) is 18.4 Å². The summed E-state index contributed by atoms with van der Waals surface area (Å²) in [6, 6.07) is 8.49. The largest absolute Gasteiger partial charge is 0.611 e. The minimum absolute atomic E-state index is 0.193. The molecule has 1 heterocycles. The Morgan fingerprint density at radius 3 is 2.46 bits per heavy atom. The van der Waals surface area contributed by atoms with E-state index in [4.69, 9.17) is 0 Å². The van der Waals surface area contributed by atoms with Crippen LogP contribution in [0.4, 0.5) is 14.5 Å². The summed E-state index contributed by atoms with van der Waals surface area (Å²) in [6.45, 7) is 0.250. The molecule has 1 unspecified atom stereocenters. The van der Waals surface area contributed by atoms with E-state index in [-0.39, 0.29) is 12.1 Å². The molecule has 7 heteroatoms. The summed E-state index contributed by atoms with van der Waals surface area (Å²) in [5.74, 6) is -4.06. The molecule has 0 saturated heterocycles. The molecule has 2 aromatic carbocycles. The molecule has 1 atom stereocenters. The molecule has 24 heavy (non-hydrogen) atoms. The van der Waals surface area contributed by atoms with E-state index in [2.05, 4.69) is 0 Å². The van der Waals surface area contributed by atoms with E-state index < -0.39 is 39.2 Å². The fourth-order valence-corrected chi connectivity index (χ4v) is 4.77. The van der Waals surface area contributed by atoms with Gasteiger partial charge in [-0.05, 0) is 35.4 Å². The van der Waals surface area contributed by atoms with Crippen molar-refractivity contribution in [1.82, 2.24) is 0 Å². The van der Waals surface area contributed by atoms with Crippen molar-refractivity contribution < 1.29 is 23.2 Å². The zero-order chi connectivity index (χ0) is 17.1. The number of rotatable bonds is 1. The van der Waals surface area contributed by atoms with Crippen molar-refractivity contribution >= 4 is 22.8 Å². The Morgan fingerprint density at radius 2 is 1.83 bits per heavy atom. The minimum atomic E-state index is -1.20. The quantitative estimate of drug-likeness (QED) is 0.805. The molecule has 4 nitrogen and oxygen atoms in total. The summed E-state index contributed by atoms with van der Waals surface area (Å²) < 4.78 is 39.4. The average Bonchev–Trinajstić information content (AvgIpc) is 3.36. The first-order valence-electron chi connectivity index (χ1n) is 7.44. The number of anilines is 1. The number of hydrogen-bond acceptors (Lipinski definition) is 3. The van der Waals surface area contributed by atoms with Gasteiger partial charge in [-0.1, -0.05) is 12.1 Å². The zero-order valence-electron chi connectivity index (χ0n) is 12.5. The van der Waals surface area contributed by atoms with Crippen LogP contribution in [0, 0.1) is 11.6 Å². The second-order valence-electron chi connectivity index (χ2n) is 6.10. The molecule has 1 fully saturated rings. The number of benzene rings is 2. The van der Waals surface area contributed by atoms with Crippen LogP contribution in [0.25, 0.3) is 0 Å². The minimum Gasteiger partial charge on any atom is -0.611 e. The smallest absolute Gasteiger partial charge is 0.258 e. The number of nitrogens with zero attached hydrogens (tertiary/aromatic N) is 1. The molecule has 4 rings (SSSR count). The molecule has 2 aromatic rings. The molecule has 1 N–H and O–H groups in total. The van der Waals surface area contributed by atoms with E-state index >= 15 is 0 Å². The predicted octanol–water partition coefficient (Wildman–Crippen LogP) is 2.97. The molecule has 0 aromatic heterocycles. The van der Waals surface area contributed by atoms with Crippen LogP contribution in [0.2, 0.25) is 0 Å². The lowest BCUT2D eigenvalue weighted by Crippen LogP contribution is -2.47. The zero-order valence-corrected chi connectivity index (χ0v) is 13.3. The van der Waals surface area contributed by atoms with Gasteiger partial charge in [-0.2, -0.15) is 0 Å². The van der Waals surface area contributed by atoms with Crippen molar-refractivity contribution in [2.24, 2.45) is 0 Å². The van der Waals surface area contributed by atoms with Gasteiger partial charge in [0.1, 0.15) is 4.75 Å². The van der Waals surface area contributed by atoms with Gasteiger partial charge in [0.15, 0.2) is 22.3 Å². The Labute approximate surface area is 139 Å². The second kappa shape index (κ2) is 5.19. The van der Waals surface area contributed by atoms with Crippen molar-refractivity contribution in [3.63, 3.8) is 0 Å². The number of para-hydroxylation sites is 1. The van der Waals surface area contributed by atoms with Gasteiger partial charge in [0.2, 0.25) is 0 Å². The van der Waals surface area contributed by atoms with Crippen LogP contribution in [0.1, 0.15) is 23.2 Å². The third-order valence-electron chi connectivity index (χ3n) is 4.51. The van der Waals surface area contributed by atoms with Crippen molar-refractivity contribution in [3.05, 3.63) is 53.6 Å². The Morgan fingerprint density at radius 1 is 1.21 bits per heavy atom. The number of halogens is 2. The van der Waals surface area contributed by atoms with Crippen molar-refractivity contribution in [2.75, 3.05) is 11.4 Å². The average molecular weight is 349 g/mol. The summed E-state index contributed by atoms with van der Waals surface area (Å²) >= 11 is -1.20. The van der Waals surface area contributed by atoms with E-state index in [1.54, 1.807) is 24.3 Å². The Kier molecular flexibility index (Phi) is 3.33. The molecular formula is C17H13F2NO3S. The van der Waals surface area contributed by atoms with Crippen LogP contribution in [0.3, 0.4) is 0 Å². The number of carbonyl (C=O) groups is 1.